The van der Waals surface area contributed by atoms with Gasteiger partial charge in [0.2, 0.25) is 6.79 Å². The zero-order valence-corrected chi connectivity index (χ0v) is 14.7. The molecular weight excluding hydrogens is 330 g/mol. The molecule has 0 spiro atoms. The number of hydrogen-bond donors (Lipinski definition) is 0. The zero-order valence-electron chi connectivity index (χ0n) is 14.7. The SMILES string of the molecule is COC(=O)[C@@H]1Cc2c(C)c3ccccc3n2[C@H]1c1ccc2c(c1)OCO2. The van der Waals surface area contributed by atoms with Gasteiger partial charge in [-0.25, -0.2) is 0 Å². The molecule has 26 heavy (non-hydrogen) atoms. The van der Waals surface area contributed by atoms with Crippen molar-refractivity contribution in [1.82, 2.24) is 4.57 Å². The Morgan fingerprint density at radius 2 is 1.96 bits per heavy atom. The van der Waals surface area contributed by atoms with Gasteiger partial charge in [0.1, 0.15) is 0 Å². The van der Waals surface area contributed by atoms with Crippen molar-refractivity contribution in [2.75, 3.05) is 13.9 Å². The lowest BCUT2D eigenvalue weighted by Crippen LogP contribution is -2.24. The van der Waals surface area contributed by atoms with Gasteiger partial charge in [-0.15, -0.1) is 0 Å². The molecule has 0 saturated carbocycles. The molecule has 2 aliphatic rings. The molecule has 5 nitrogen and oxygen atoms in total. The van der Waals surface area contributed by atoms with Gasteiger partial charge in [-0.3, -0.25) is 4.79 Å². The van der Waals surface area contributed by atoms with Crippen LogP contribution in [-0.2, 0) is 16.0 Å². The fourth-order valence-corrected chi connectivity index (χ4v) is 4.39. The molecular formula is C21H19NO4. The summed E-state index contributed by atoms with van der Waals surface area (Å²) in [6.45, 7) is 2.37. The summed E-state index contributed by atoms with van der Waals surface area (Å²) in [4.78, 5) is 12.6. The lowest BCUT2D eigenvalue weighted by atomic mass is 9.91. The number of hydrogen-bond acceptors (Lipinski definition) is 4. The second-order valence-corrected chi connectivity index (χ2v) is 6.85. The van der Waals surface area contributed by atoms with Crippen LogP contribution >= 0.6 is 0 Å². The molecule has 0 bridgehead atoms. The smallest absolute Gasteiger partial charge is 0.311 e. The van der Waals surface area contributed by atoms with Crippen LogP contribution in [0.25, 0.3) is 10.9 Å². The van der Waals surface area contributed by atoms with E-state index in [-0.39, 0.29) is 24.7 Å². The molecule has 0 saturated heterocycles. The predicted molar refractivity (Wildman–Crippen MR) is 96.6 cm³/mol. The Labute approximate surface area is 151 Å². The van der Waals surface area contributed by atoms with Crippen molar-refractivity contribution in [2.24, 2.45) is 5.92 Å². The van der Waals surface area contributed by atoms with Crippen molar-refractivity contribution in [3.05, 3.63) is 59.3 Å². The number of carbonyl (C=O) groups excluding carboxylic acids is 1. The average Bonchev–Trinajstić information content (AvgIpc) is 3.36. The molecule has 0 fully saturated rings. The van der Waals surface area contributed by atoms with Gasteiger partial charge < -0.3 is 18.8 Å². The summed E-state index contributed by atoms with van der Waals surface area (Å²) < 4.78 is 18.4. The second-order valence-electron chi connectivity index (χ2n) is 6.85. The molecule has 0 unspecified atom stereocenters. The van der Waals surface area contributed by atoms with Gasteiger partial charge in [0.25, 0.3) is 0 Å². The predicted octanol–water partition coefficient (Wildman–Crippen LogP) is 3.61. The van der Waals surface area contributed by atoms with Crippen molar-refractivity contribution in [1.29, 1.82) is 0 Å². The van der Waals surface area contributed by atoms with E-state index in [1.165, 1.54) is 23.8 Å². The van der Waals surface area contributed by atoms with Crippen LogP contribution in [0.5, 0.6) is 11.5 Å². The van der Waals surface area contributed by atoms with E-state index in [1.54, 1.807) is 0 Å². The highest BCUT2D eigenvalue weighted by Crippen LogP contribution is 2.45. The number of nitrogens with zero attached hydrogens (tertiary/aromatic N) is 1. The fraction of sp³-hybridized carbons (Fsp3) is 0.286. The van der Waals surface area contributed by atoms with Crippen LogP contribution < -0.4 is 9.47 Å². The summed E-state index contributed by atoms with van der Waals surface area (Å²) in [5.41, 5.74) is 4.61. The van der Waals surface area contributed by atoms with Gasteiger partial charge in [-0.2, -0.15) is 0 Å². The van der Waals surface area contributed by atoms with Crippen molar-refractivity contribution in [3.8, 4) is 11.5 Å². The van der Waals surface area contributed by atoms with Crippen molar-refractivity contribution in [2.45, 2.75) is 19.4 Å². The maximum atomic E-state index is 12.6. The average molecular weight is 349 g/mol. The van der Waals surface area contributed by atoms with Gasteiger partial charge in [0.05, 0.1) is 19.1 Å². The molecule has 5 rings (SSSR count). The molecule has 3 heterocycles. The summed E-state index contributed by atoms with van der Waals surface area (Å²) in [7, 11) is 1.46. The first kappa shape index (κ1) is 15.3. The molecule has 5 heteroatoms. The standard InChI is InChI=1S/C21H19NO4/c1-12-14-5-3-4-6-16(14)22-17(12)10-15(21(23)24-2)20(22)13-7-8-18-19(9-13)26-11-25-18/h3-9,15,20H,10-11H2,1-2H3/t15-,20+/m1/s1. The largest absolute Gasteiger partial charge is 0.469 e. The van der Waals surface area contributed by atoms with Crippen LogP contribution in [0.2, 0.25) is 0 Å². The maximum Gasteiger partial charge on any atom is 0.311 e. The number of methoxy groups -OCH3 is 1. The van der Waals surface area contributed by atoms with E-state index in [0.29, 0.717) is 6.42 Å². The molecule has 2 aliphatic heterocycles. The molecule has 2 atom stereocenters. The summed E-state index contributed by atoms with van der Waals surface area (Å²) in [6.07, 6.45) is 0.673. The van der Waals surface area contributed by atoms with Crippen molar-refractivity contribution >= 4 is 16.9 Å². The number of esters is 1. The van der Waals surface area contributed by atoms with E-state index in [4.69, 9.17) is 14.2 Å². The Morgan fingerprint density at radius 1 is 1.15 bits per heavy atom. The highest BCUT2D eigenvalue weighted by molar-refractivity contribution is 5.87. The van der Waals surface area contributed by atoms with E-state index in [9.17, 15) is 4.79 Å². The lowest BCUT2D eigenvalue weighted by molar-refractivity contribution is -0.145. The minimum absolute atomic E-state index is 0.120. The highest BCUT2D eigenvalue weighted by atomic mass is 16.7. The van der Waals surface area contributed by atoms with Gasteiger partial charge in [0.15, 0.2) is 11.5 Å². The number of rotatable bonds is 2. The third-order valence-corrected chi connectivity index (χ3v) is 5.61. The first-order valence-electron chi connectivity index (χ1n) is 8.75. The summed E-state index contributed by atoms with van der Waals surface area (Å²) in [5.74, 6) is 1.04. The monoisotopic (exact) mass is 349 g/mol. The van der Waals surface area contributed by atoms with Crippen LogP contribution in [0, 0.1) is 12.8 Å². The number of fused-ring (bicyclic) bond motifs is 4. The second kappa shape index (κ2) is 5.53. The van der Waals surface area contributed by atoms with E-state index < -0.39 is 0 Å². The van der Waals surface area contributed by atoms with E-state index >= 15 is 0 Å². The molecule has 0 N–H and O–H groups in total. The Kier molecular flexibility index (Phi) is 3.26. The zero-order chi connectivity index (χ0) is 17.8. The van der Waals surface area contributed by atoms with E-state index in [1.807, 2.05) is 24.3 Å². The van der Waals surface area contributed by atoms with Gasteiger partial charge in [0, 0.05) is 23.0 Å². The van der Waals surface area contributed by atoms with Crippen molar-refractivity contribution in [3.63, 3.8) is 0 Å². The van der Waals surface area contributed by atoms with Crippen molar-refractivity contribution < 1.29 is 19.0 Å². The van der Waals surface area contributed by atoms with Crippen LogP contribution in [0.3, 0.4) is 0 Å². The van der Waals surface area contributed by atoms with Gasteiger partial charge in [-0.05, 0) is 36.2 Å². The molecule has 3 aromatic rings. The molecule has 0 amide bonds. The van der Waals surface area contributed by atoms with Crippen LogP contribution in [-0.4, -0.2) is 24.4 Å². The van der Waals surface area contributed by atoms with Gasteiger partial charge >= 0.3 is 5.97 Å². The minimum Gasteiger partial charge on any atom is -0.469 e. The molecule has 0 radical (unpaired) electrons. The van der Waals surface area contributed by atoms with E-state index in [0.717, 1.165) is 22.6 Å². The lowest BCUT2D eigenvalue weighted by Gasteiger charge is -2.21. The Hall–Kier alpha value is -2.95. The number of para-hydroxylation sites is 1. The fourth-order valence-electron chi connectivity index (χ4n) is 4.39. The first-order valence-corrected chi connectivity index (χ1v) is 8.75. The normalized spacial score (nSPS) is 20.4. The third-order valence-electron chi connectivity index (χ3n) is 5.61. The summed E-state index contributed by atoms with van der Waals surface area (Å²) in [5, 5.41) is 1.23. The maximum absolute atomic E-state index is 12.6. The molecule has 132 valence electrons. The number of benzene rings is 2. The molecule has 1 aromatic heterocycles. The number of aryl methyl sites for hydroxylation is 1. The Morgan fingerprint density at radius 3 is 2.81 bits per heavy atom. The van der Waals surface area contributed by atoms with E-state index in [2.05, 4.69) is 29.7 Å². The van der Waals surface area contributed by atoms with Crippen LogP contribution in [0.15, 0.2) is 42.5 Å². The molecule has 2 aromatic carbocycles. The Bertz CT molecular complexity index is 1040. The number of carbonyl (C=O) groups is 1. The first-order chi connectivity index (χ1) is 12.7. The quantitative estimate of drug-likeness (QED) is 0.663. The number of ether oxygens (including phenoxy) is 3. The van der Waals surface area contributed by atoms with Gasteiger partial charge in [-0.1, -0.05) is 24.3 Å². The summed E-state index contributed by atoms with van der Waals surface area (Å²) >= 11 is 0. The third kappa shape index (κ3) is 2.00. The topological polar surface area (TPSA) is 49.7 Å². The minimum atomic E-state index is -0.251. The number of aromatic nitrogens is 1. The highest BCUT2D eigenvalue weighted by Gasteiger charge is 2.41. The molecule has 0 aliphatic carbocycles. The summed E-state index contributed by atoms with van der Waals surface area (Å²) in [6, 6.07) is 14.2. The van der Waals surface area contributed by atoms with Crippen LogP contribution in [0.1, 0.15) is 22.9 Å². The Balaban J connectivity index is 1.73. The van der Waals surface area contributed by atoms with Crippen LogP contribution in [0.4, 0.5) is 0 Å².